The third-order valence-corrected chi connectivity index (χ3v) is 7.03. The number of carbonyl (C=O) groups excluding carboxylic acids is 1. The molecule has 1 heterocycles. The van der Waals surface area contributed by atoms with Crippen molar-refractivity contribution in [2.24, 2.45) is 0 Å². The van der Waals surface area contributed by atoms with Gasteiger partial charge in [0.05, 0.1) is 0 Å². The number of thioether (sulfide) groups is 1. The van der Waals surface area contributed by atoms with Crippen molar-refractivity contribution in [3.8, 4) is 0 Å². The van der Waals surface area contributed by atoms with Crippen LogP contribution in [0.5, 0.6) is 0 Å². The second-order valence-corrected chi connectivity index (χ2v) is 9.31. The third kappa shape index (κ3) is 4.81. The zero-order chi connectivity index (χ0) is 22.6. The van der Waals surface area contributed by atoms with Gasteiger partial charge in [0.15, 0.2) is 0 Å². The van der Waals surface area contributed by atoms with Crippen LogP contribution in [0.1, 0.15) is 21.5 Å². The molecule has 1 amide bonds. The average molecular weight is 451 g/mol. The Kier molecular flexibility index (Phi) is 6.18. The Morgan fingerprint density at radius 2 is 1.64 bits per heavy atom. The van der Waals surface area contributed by atoms with Gasteiger partial charge in [-0.15, -0.1) is 11.8 Å². The average Bonchev–Trinajstić information content (AvgIpc) is 3.21. The number of amides is 1. The normalized spacial score (nSPS) is 11.2. The molecule has 0 unspecified atom stereocenters. The number of benzene rings is 4. The minimum absolute atomic E-state index is 0.0359. The standard InChI is InChI=1S/C29H26N2OS/c1-21-10-12-22(13-11-21)20-33-28-19-31(27-9-5-4-8-26(27)28)17-16-30-29(32)25-15-14-23-6-2-3-7-24(23)18-25/h2-15,18-19H,16-17,20H2,1H3,(H,30,32). The lowest BCUT2D eigenvalue weighted by Gasteiger charge is -2.08. The molecule has 1 aromatic heterocycles. The first kappa shape index (κ1) is 21.4. The molecule has 5 aromatic rings. The third-order valence-electron chi connectivity index (χ3n) is 5.92. The van der Waals surface area contributed by atoms with Crippen molar-refractivity contribution in [3.05, 3.63) is 114 Å². The quantitative estimate of drug-likeness (QED) is 0.276. The molecule has 0 fully saturated rings. The molecule has 5 rings (SSSR count). The second kappa shape index (κ2) is 9.55. The van der Waals surface area contributed by atoms with E-state index in [1.54, 1.807) is 0 Å². The van der Waals surface area contributed by atoms with Crippen molar-refractivity contribution in [3.63, 3.8) is 0 Å². The minimum Gasteiger partial charge on any atom is -0.350 e. The van der Waals surface area contributed by atoms with Crippen LogP contribution in [0.4, 0.5) is 0 Å². The number of nitrogens with zero attached hydrogens (tertiary/aromatic N) is 1. The van der Waals surface area contributed by atoms with E-state index in [2.05, 4.69) is 77.6 Å². The van der Waals surface area contributed by atoms with Crippen molar-refractivity contribution < 1.29 is 4.79 Å². The fraction of sp³-hybridized carbons (Fsp3) is 0.138. The van der Waals surface area contributed by atoms with Crippen molar-refractivity contribution in [2.75, 3.05) is 6.54 Å². The van der Waals surface area contributed by atoms with Gasteiger partial charge in [-0.1, -0.05) is 78.4 Å². The fourth-order valence-electron chi connectivity index (χ4n) is 4.08. The Hall–Kier alpha value is -3.50. The van der Waals surface area contributed by atoms with Gasteiger partial charge >= 0.3 is 0 Å². The molecule has 0 aliphatic carbocycles. The summed E-state index contributed by atoms with van der Waals surface area (Å²) >= 11 is 1.86. The van der Waals surface area contributed by atoms with Crippen molar-refractivity contribution in [2.45, 2.75) is 24.1 Å². The molecule has 33 heavy (non-hydrogen) atoms. The van der Waals surface area contributed by atoms with Gasteiger partial charge in [0.25, 0.3) is 5.91 Å². The number of carbonyl (C=O) groups is 1. The first-order valence-electron chi connectivity index (χ1n) is 11.2. The number of hydrogen-bond acceptors (Lipinski definition) is 2. The van der Waals surface area contributed by atoms with Crippen LogP contribution in [-0.4, -0.2) is 17.0 Å². The molecule has 0 saturated heterocycles. The van der Waals surface area contributed by atoms with E-state index in [1.165, 1.54) is 26.9 Å². The number of para-hydroxylation sites is 1. The predicted octanol–water partition coefficient (Wildman–Crippen LogP) is 6.83. The summed E-state index contributed by atoms with van der Waals surface area (Å²) < 4.78 is 2.24. The molecule has 0 radical (unpaired) electrons. The molecule has 0 saturated carbocycles. The molecule has 4 heteroatoms. The molecule has 0 aliphatic heterocycles. The molecule has 164 valence electrons. The number of rotatable bonds is 7. The van der Waals surface area contributed by atoms with Gasteiger partial charge in [-0.25, -0.2) is 0 Å². The topological polar surface area (TPSA) is 34.0 Å². The van der Waals surface area contributed by atoms with Gasteiger partial charge in [0.2, 0.25) is 0 Å². The Morgan fingerprint density at radius 1 is 0.879 bits per heavy atom. The second-order valence-electron chi connectivity index (χ2n) is 8.30. The minimum atomic E-state index is -0.0359. The highest BCUT2D eigenvalue weighted by Gasteiger charge is 2.10. The van der Waals surface area contributed by atoms with Crippen LogP contribution < -0.4 is 5.32 Å². The first-order valence-corrected chi connectivity index (χ1v) is 12.2. The van der Waals surface area contributed by atoms with Crippen LogP contribution >= 0.6 is 11.8 Å². The molecule has 1 N–H and O–H groups in total. The summed E-state index contributed by atoms with van der Waals surface area (Å²) in [4.78, 5) is 14.0. The zero-order valence-corrected chi connectivity index (χ0v) is 19.4. The number of aromatic nitrogens is 1. The van der Waals surface area contributed by atoms with Gasteiger partial charge in [0, 0.05) is 46.4 Å². The van der Waals surface area contributed by atoms with Crippen molar-refractivity contribution in [1.29, 1.82) is 0 Å². The SMILES string of the molecule is Cc1ccc(CSc2cn(CCNC(=O)c3ccc4ccccc4c3)c3ccccc23)cc1. The Labute approximate surface area is 198 Å². The predicted molar refractivity (Wildman–Crippen MR) is 139 cm³/mol. The zero-order valence-electron chi connectivity index (χ0n) is 18.6. The summed E-state index contributed by atoms with van der Waals surface area (Å²) in [5.41, 5.74) is 4.50. The lowest BCUT2D eigenvalue weighted by atomic mass is 10.1. The van der Waals surface area contributed by atoms with Crippen LogP contribution in [0.15, 0.2) is 102 Å². The van der Waals surface area contributed by atoms with Gasteiger partial charge in [0.1, 0.15) is 0 Å². The van der Waals surface area contributed by atoms with E-state index in [9.17, 15) is 4.79 Å². The molecular weight excluding hydrogens is 424 g/mol. The van der Waals surface area contributed by atoms with E-state index in [0.29, 0.717) is 12.1 Å². The molecule has 4 aromatic carbocycles. The van der Waals surface area contributed by atoms with E-state index >= 15 is 0 Å². The van der Waals surface area contributed by atoms with Gasteiger partial charge in [-0.05, 0) is 41.5 Å². The van der Waals surface area contributed by atoms with Crippen LogP contribution in [0, 0.1) is 6.92 Å². The van der Waals surface area contributed by atoms with Crippen LogP contribution in [0.3, 0.4) is 0 Å². The fourth-order valence-corrected chi connectivity index (χ4v) is 5.13. The van der Waals surface area contributed by atoms with Crippen LogP contribution in [0.25, 0.3) is 21.7 Å². The number of fused-ring (bicyclic) bond motifs is 2. The summed E-state index contributed by atoms with van der Waals surface area (Å²) in [7, 11) is 0. The Balaban J connectivity index is 1.26. The monoisotopic (exact) mass is 450 g/mol. The summed E-state index contributed by atoms with van der Waals surface area (Å²) in [6, 6.07) is 31.2. The maximum absolute atomic E-state index is 12.7. The number of hydrogen-bond donors (Lipinski definition) is 1. The molecule has 3 nitrogen and oxygen atoms in total. The van der Waals surface area contributed by atoms with E-state index in [0.717, 1.165) is 23.1 Å². The van der Waals surface area contributed by atoms with Gasteiger partial charge < -0.3 is 9.88 Å². The highest BCUT2D eigenvalue weighted by molar-refractivity contribution is 7.98. The first-order chi connectivity index (χ1) is 16.2. The largest absolute Gasteiger partial charge is 0.350 e. The van der Waals surface area contributed by atoms with Crippen LogP contribution in [-0.2, 0) is 12.3 Å². The van der Waals surface area contributed by atoms with E-state index < -0.39 is 0 Å². The summed E-state index contributed by atoms with van der Waals surface area (Å²) in [5, 5.41) is 6.56. The summed E-state index contributed by atoms with van der Waals surface area (Å²) in [6.07, 6.45) is 2.21. The highest BCUT2D eigenvalue weighted by Crippen LogP contribution is 2.32. The lowest BCUT2D eigenvalue weighted by Crippen LogP contribution is -2.27. The maximum atomic E-state index is 12.7. The van der Waals surface area contributed by atoms with Crippen molar-refractivity contribution >= 4 is 39.3 Å². The van der Waals surface area contributed by atoms with E-state index in [4.69, 9.17) is 0 Å². The van der Waals surface area contributed by atoms with Crippen molar-refractivity contribution in [1.82, 2.24) is 9.88 Å². The highest BCUT2D eigenvalue weighted by atomic mass is 32.2. The smallest absolute Gasteiger partial charge is 0.251 e. The van der Waals surface area contributed by atoms with Gasteiger partial charge in [-0.3, -0.25) is 4.79 Å². The number of nitrogens with one attached hydrogen (secondary N) is 1. The Morgan fingerprint density at radius 3 is 2.48 bits per heavy atom. The van der Waals surface area contributed by atoms with Crippen LogP contribution in [0.2, 0.25) is 0 Å². The maximum Gasteiger partial charge on any atom is 0.251 e. The molecule has 0 bridgehead atoms. The van der Waals surface area contributed by atoms with E-state index in [1.807, 2.05) is 48.2 Å². The molecule has 0 spiro atoms. The van der Waals surface area contributed by atoms with Gasteiger partial charge in [-0.2, -0.15) is 0 Å². The molecule has 0 aliphatic rings. The van der Waals surface area contributed by atoms with E-state index in [-0.39, 0.29) is 5.91 Å². The lowest BCUT2D eigenvalue weighted by molar-refractivity contribution is 0.0952. The molecule has 0 atom stereocenters. The summed E-state index contributed by atoms with van der Waals surface area (Å²) in [6.45, 7) is 3.42. The Bertz CT molecular complexity index is 1420. The summed E-state index contributed by atoms with van der Waals surface area (Å²) in [5.74, 6) is 0.902. The number of aryl methyl sites for hydroxylation is 1. The molecular formula is C29H26N2OS.